The summed E-state index contributed by atoms with van der Waals surface area (Å²) in [7, 11) is 0. The van der Waals surface area contributed by atoms with E-state index in [9.17, 15) is 9.59 Å². The number of anilines is 1. The van der Waals surface area contributed by atoms with Gasteiger partial charge >= 0.3 is 11.9 Å². The average Bonchev–Trinajstić information content (AvgIpc) is 2.78. The molecule has 3 aliphatic rings. The number of esters is 2. The Morgan fingerprint density at radius 3 is 2.32 bits per heavy atom. The molecule has 5 rings (SSSR count). The molecular weight excluding hydrogens is 502 g/mol. The summed E-state index contributed by atoms with van der Waals surface area (Å²) in [5.41, 5.74) is 3.01. The predicted octanol–water partition coefficient (Wildman–Crippen LogP) is 5.13. The lowest BCUT2D eigenvalue weighted by Gasteiger charge is -2.53. The number of benzene rings is 2. The van der Waals surface area contributed by atoms with Crippen LogP contribution in [0.3, 0.4) is 0 Å². The highest BCUT2D eigenvalue weighted by Gasteiger charge is 2.56. The molecule has 0 amide bonds. The quantitative estimate of drug-likeness (QED) is 0.512. The van der Waals surface area contributed by atoms with Crippen LogP contribution in [0.4, 0.5) is 5.69 Å². The minimum Gasteiger partial charge on any atom is -0.485 e. The van der Waals surface area contributed by atoms with Crippen molar-refractivity contribution in [2.75, 3.05) is 24.7 Å². The van der Waals surface area contributed by atoms with Gasteiger partial charge in [-0.05, 0) is 52.0 Å². The number of halogens is 1. The van der Waals surface area contributed by atoms with Crippen molar-refractivity contribution < 1.29 is 28.5 Å². The van der Waals surface area contributed by atoms with Gasteiger partial charge in [-0.15, -0.1) is 0 Å². The van der Waals surface area contributed by atoms with Crippen LogP contribution in [0, 0.1) is 0 Å². The molecule has 0 radical (unpaired) electrons. The molecule has 3 aliphatic heterocycles. The molecule has 0 N–H and O–H groups in total. The van der Waals surface area contributed by atoms with Gasteiger partial charge in [0.05, 0.1) is 24.5 Å². The van der Waals surface area contributed by atoms with E-state index in [4.69, 9.17) is 18.9 Å². The Balaban J connectivity index is 1.88. The third-order valence-corrected chi connectivity index (χ3v) is 6.71. The predicted molar refractivity (Wildman–Crippen MR) is 130 cm³/mol. The highest BCUT2D eigenvalue weighted by Crippen LogP contribution is 2.56. The lowest BCUT2D eigenvalue weighted by atomic mass is 9.78. The Morgan fingerprint density at radius 1 is 1.03 bits per heavy atom. The van der Waals surface area contributed by atoms with Crippen LogP contribution in [0.15, 0.2) is 52.3 Å². The Labute approximate surface area is 206 Å². The minimum absolute atomic E-state index is 0.159. The van der Waals surface area contributed by atoms with Crippen LogP contribution in [-0.2, 0) is 29.5 Å². The van der Waals surface area contributed by atoms with Gasteiger partial charge in [0, 0.05) is 26.9 Å². The van der Waals surface area contributed by atoms with Crippen LogP contribution in [0.2, 0.25) is 0 Å². The van der Waals surface area contributed by atoms with Gasteiger partial charge in [-0.25, -0.2) is 9.59 Å². The molecule has 0 aliphatic carbocycles. The Kier molecular flexibility index (Phi) is 5.43. The van der Waals surface area contributed by atoms with Crippen molar-refractivity contribution in [2.45, 2.75) is 33.4 Å². The lowest BCUT2D eigenvalue weighted by Crippen LogP contribution is -2.58. The van der Waals surface area contributed by atoms with E-state index in [-0.39, 0.29) is 19.8 Å². The molecule has 2 aromatic carbocycles. The molecular formula is C26H24BrNO6. The number of para-hydroxylation sites is 2. The molecule has 0 bridgehead atoms. The van der Waals surface area contributed by atoms with Gasteiger partial charge in [0.15, 0.2) is 6.61 Å². The van der Waals surface area contributed by atoms with E-state index in [1.807, 2.05) is 48.2 Å². The first-order chi connectivity index (χ1) is 16.3. The summed E-state index contributed by atoms with van der Waals surface area (Å²) >= 11 is 3.57. The number of hydrogen-bond donors (Lipinski definition) is 0. The summed E-state index contributed by atoms with van der Waals surface area (Å²) in [5, 5.41) is 0. The number of fused-ring (bicyclic) bond motifs is 2. The molecule has 1 spiro atoms. The monoisotopic (exact) mass is 525 g/mol. The molecule has 0 aromatic heterocycles. The summed E-state index contributed by atoms with van der Waals surface area (Å²) in [5.74, 6) is 0.180. The third-order valence-electron chi connectivity index (χ3n) is 6.25. The van der Waals surface area contributed by atoms with Gasteiger partial charge in [-0.1, -0.05) is 28.1 Å². The van der Waals surface area contributed by atoms with Gasteiger partial charge in [0.1, 0.15) is 17.1 Å². The van der Waals surface area contributed by atoms with Crippen LogP contribution >= 0.6 is 15.9 Å². The van der Waals surface area contributed by atoms with E-state index in [1.54, 1.807) is 20.8 Å². The molecule has 8 heteroatoms. The number of carbonyl (C=O) groups excluding carboxylic acids is 2. The Bertz CT molecular complexity index is 1300. The molecule has 0 saturated carbocycles. The number of nitrogens with zero attached hydrogens (tertiary/aromatic N) is 1. The zero-order valence-corrected chi connectivity index (χ0v) is 20.9. The molecule has 0 fully saturated rings. The fourth-order valence-corrected chi connectivity index (χ4v) is 5.56. The highest BCUT2D eigenvalue weighted by molar-refractivity contribution is 9.10. The fourth-order valence-electron chi connectivity index (χ4n) is 5.10. The standard InChI is InChI=1S/C26H24BrNO6/c1-5-31-24(29)21-14(3)28-19-9-7-8-10-20(19)33-13-26(28)23-17(21)11-16(27)12-18(23)22(15(4)34-26)25(30)32-6-2/h7-12H,5-6,13H2,1-4H3. The molecule has 34 heavy (non-hydrogen) atoms. The summed E-state index contributed by atoms with van der Waals surface area (Å²) < 4.78 is 24.3. The summed E-state index contributed by atoms with van der Waals surface area (Å²) in [6, 6.07) is 11.3. The molecule has 0 saturated heterocycles. The Hall–Kier alpha value is -3.26. The Morgan fingerprint density at radius 2 is 1.65 bits per heavy atom. The maximum atomic E-state index is 13.3. The van der Waals surface area contributed by atoms with E-state index in [2.05, 4.69) is 15.9 Å². The van der Waals surface area contributed by atoms with Crippen molar-refractivity contribution in [3.8, 4) is 5.75 Å². The highest BCUT2D eigenvalue weighted by atomic mass is 79.9. The van der Waals surface area contributed by atoms with Crippen molar-refractivity contribution >= 4 is 44.7 Å². The van der Waals surface area contributed by atoms with Crippen molar-refractivity contribution in [3.05, 3.63) is 69.0 Å². The lowest BCUT2D eigenvalue weighted by molar-refractivity contribution is -0.137. The van der Waals surface area contributed by atoms with E-state index >= 15 is 0 Å². The number of rotatable bonds is 4. The number of allylic oxidation sites excluding steroid dienone is 2. The van der Waals surface area contributed by atoms with Gasteiger partial charge in [-0.2, -0.15) is 0 Å². The summed E-state index contributed by atoms with van der Waals surface area (Å²) in [6.07, 6.45) is 0. The SMILES string of the molecule is CCOC(=O)C1=C(C)OC23COc4ccccc4N2C(C)=C(C(=O)OCC)c2cc(Br)cc1c23. The third kappa shape index (κ3) is 3.08. The van der Waals surface area contributed by atoms with Gasteiger partial charge in [0.25, 0.3) is 0 Å². The topological polar surface area (TPSA) is 74.3 Å². The van der Waals surface area contributed by atoms with Crippen LogP contribution in [-0.4, -0.2) is 31.8 Å². The second kappa shape index (κ2) is 8.20. The van der Waals surface area contributed by atoms with Crippen LogP contribution in [0.25, 0.3) is 11.1 Å². The zero-order chi connectivity index (χ0) is 24.2. The molecule has 1 unspecified atom stereocenters. The smallest absolute Gasteiger partial charge is 0.342 e. The van der Waals surface area contributed by atoms with Crippen molar-refractivity contribution in [2.24, 2.45) is 0 Å². The molecule has 176 valence electrons. The van der Waals surface area contributed by atoms with Crippen molar-refractivity contribution in [3.63, 3.8) is 0 Å². The van der Waals surface area contributed by atoms with E-state index in [0.717, 1.165) is 5.69 Å². The first-order valence-corrected chi connectivity index (χ1v) is 11.9. The van der Waals surface area contributed by atoms with Gasteiger partial charge in [0.2, 0.25) is 5.72 Å². The maximum Gasteiger partial charge on any atom is 0.342 e. The molecule has 3 heterocycles. The molecule has 7 nitrogen and oxygen atoms in total. The van der Waals surface area contributed by atoms with Crippen LogP contribution in [0.1, 0.15) is 44.4 Å². The maximum absolute atomic E-state index is 13.3. The first kappa shape index (κ1) is 22.5. The number of carbonyl (C=O) groups is 2. The van der Waals surface area contributed by atoms with Crippen molar-refractivity contribution in [1.82, 2.24) is 0 Å². The van der Waals surface area contributed by atoms with Gasteiger partial charge < -0.3 is 18.9 Å². The molecule has 2 aromatic rings. The molecule has 1 atom stereocenters. The van der Waals surface area contributed by atoms with E-state index in [1.165, 1.54) is 0 Å². The zero-order valence-electron chi connectivity index (χ0n) is 19.4. The normalized spacial score (nSPS) is 20.0. The van der Waals surface area contributed by atoms with Gasteiger partial charge in [-0.3, -0.25) is 4.90 Å². The fraction of sp³-hybridized carbons (Fsp3) is 0.308. The number of hydrogen-bond acceptors (Lipinski definition) is 7. The van der Waals surface area contributed by atoms with Crippen LogP contribution < -0.4 is 9.64 Å². The van der Waals surface area contributed by atoms with Crippen LogP contribution in [0.5, 0.6) is 5.75 Å². The van der Waals surface area contributed by atoms with E-state index < -0.39 is 17.7 Å². The van der Waals surface area contributed by atoms with Crippen molar-refractivity contribution in [1.29, 1.82) is 0 Å². The second-order valence-electron chi connectivity index (χ2n) is 8.19. The summed E-state index contributed by atoms with van der Waals surface area (Å²) in [4.78, 5) is 28.3. The number of ether oxygens (including phenoxy) is 4. The average molecular weight is 526 g/mol. The first-order valence-electron chi connectivity index (χ1n) is 11.2. The minimum atomic E-state index is -1.11. The van der Waals surface area contributed by atoms with E-state index in [0.29, 0.717) is 49.5 Å². The second-order valence-corrected chi connectivity index (χ2v) is 9.10. The largest absolute Gasteiger partial charge is 0.485 e. The summed E-state index contributed by atoms with van der Waals surface area (Å²) in [6.45, 7) is 7.79.